The largest absolute Gasteiger partial charge is 0.378 e. The fourth-order valence-corrected chi connectivity index (χ4v) is 2.92. The molecule has 122 valence electrons. The van der Waals surface area contributed by atoms with Gasteiger partial charge in [-0.1, -0.05) is 12.1 Å². The van der Waals surface area contributed by atoms with Crippen molar-refractivity contribution in [3.8, 4) is 11.3 Å². The normalized spacial score (nSPS) is 17.2. The molecule has 1 atom stereocenters. The second-order valence-electron chi connectivity index (χ2n) is 5.92. The Hall–Kier alpha value is -2.73. The van der Waals surface area contributed by atoms with Crippen LogP contribution >= 0.6 is 0 Å². The Morgan fingerprint density at radius 3 is 2.96 bits per heavy atom. The maximum atomic E-state index is 12.0. The number of imidazole rings is 1. The lowest BCUT2D eigenvalue weighted by atomic mass is 10.1. The molecule has 0 spiro atoms. The molecule has 0 aliphatic carbocycles. The molecule has 1 N–H and O–H groups in total. The fourth-order valence-electron chi connectivity index (χ4n) is 2.92. The van der Waals surface area contributed by atoms with E-state index in [9.17, 15) is 4.79 Å². The SMILES string of the molecule is O=C(C[C@@H]1CCCO1)Nc1ccc(-c2cn3cccnc3n2)cc1. The van der Waals surface area contributed by atoms with Crippen LogP contribution in [0.15, 0.2) is 48.9 Å². The number of hydrogen-bond acceptors (Lipinski definition) is 4. The molecule has 2 aromatic heterocycles. The van der Waals surface area contributed by atoms with Crippen molar-refractivity contribution < 1.29 is 9.53 Å². The molecule has 0 radical (unpaired) electrons. The molecule has 1 aromatic carbocycles. The van der Waals surface area contributed by atoms with Gasteiger partial charge < -0.3 is 10.1 Å². The van der Waals surface area contributed by atoms with Crippen LogP contribution < -0.4 is 5.32 Å². The third-order valence-electron chi connectivity index (χ3n) is 4.14. The summed E-state index contributed by atoms with van der Waals surface area (Å²) >= 11 is 0. The Morgan fingerprint density at radius 2 is 2.21 bits per heavy atom. The number of carbonyl (C=O) groups is 1. The zero-order valence-corrected chi connectivity index (χ0v) is 13.2. The van der Waals surface area contributed by atoms with Crippen molar-refractivity contribution in [2.45, 2.75) is 25.4 Å². The highest BCUT2D eigenvalue weighted by molar-refractivity contribution is 5.91. The zero-order valence-electron chi connectivity index (χ0n) is 13.2. The number of amides is 1. The van der Waals surface area contributed by atoms with Gasteiger partial charge in [-0.25, -0.2) is 9.97 Å². The molecule has 6 heteroatoms. The van der Waals surface area contributed by atoms with Crippen molar-refractivity contribution in [3.05, 3.63) is 48.9 Å². The number of hydrogen-bond donors (Lipinski definition) is 1. The van der Waals surface area contributed by atoms with Crippen molar-refractivity contribution >= 4 is 17.4 Å². The number of aromatic nitrogens is 3. The second-order valence-corrected chi connectivity index (χ2v) is 5.92. The summed E-state index contributed by atoms with van der Waals surface area (Å²) in [5.74, 6) is 0.660. The lowest BCUT2D eigenvalue weighted by molar-refractivity contribution is -0.118. The van der Waals surface area contributed by atoms with Crippen LogP contribution in [0.25, 0.3) is 17.0 Å². The highest BCUT2D eigenvalue weighted by Crippen LogP contribution is 2.21. The van der Waals surface area contributed by atoms with Crippen LogP contribution in [0, 0.1) is 0 Å². The van der Waals surface area contributed by atoms with Crippen molar-refractivity contribution in [2.24, 2.45) is 0 Å². The number of rotatable bonds is 4. The number of nitrogens with zero attached hydrogens (tertiary/aromatic N) is 3. The molecular weight excluding hydrogens is 304 g/mol. The van der Waals surface area contributed by atoms with Crippen LogP contribution in [-0.2, 0) is 9.53 Å². The van der Waals surface area contributed by atoms with Crippen LogP contribution in [-0.4, -0.2) is 33.0 Å². The maximum absolute atomic E-state index is 12.0. The molecule has 24 heavy (non-hydrogen) atoms. The molecule has 3 aromatic rings. The van der Waals surface area contributed by atoms with Crippen LogP contribution in [0.1, 0.15) is 19.3 Å². The van der Waals surface area contributed by atoms with Crippen molar-refractivity contribution in [2.75, 3.05) is 11.9 Å². The molecule has 0 bridgehead atoms. The quantitative estimate of drug-likeness (QED) is 0.802. The van der Waals surface area contributed by atoms with Gasteiger partial charge in [0, 0.05) is 36.4 Å². The van der Waals surface area contributed by atoms with E-state index < -0.39 is 0 Å². The number of fused-ring (bicyclic) bond motifs is 1. The van der Waals surface area contributed by atoms with Gasteiger partial charge in [0.05, 0.1) is 18.2 Å². The summed E-state index contributed by atoms with van der Waals surface area (Å²) in [6.45, 7) is 0.764. The molecule has 1 fully saturated rings. The minimum Gasteiger partial charge on any atom is -0.378 e. The number of ether oxygens (including phenoxy) is 1. The fraction of sp³-hybridized carbons (Fsp3) is 0.278. The summed E-state index contributed by atoms with van der Waals surface area (Å²) in [6, 6.07) is 9.54. The van der Waals surface area contributed by atoms with E-state index >= 15 is 0 Å². The van der Waals surface area contributed by atoms with Gasteiger partial charge in [0.2, 0.25) is 11.7 Å². The minimum atomic E-state index is -0.00780. The van der Waals surface area contributed by atoms with Gasteiger partial charge in [-0.05, 0) is 31.0 Å². The number of benzene rings is 1. The lowest BCUT2D eigenvalue weighted by Crippen LogP contribution is -2.19. The first kappa shape index (κ1) is 14.8. The Morgan fingerprint density at radius 1 is 1.33 bits per heavy atom. The average molecular weight is 322 g/mol. The Labute approximate surface area is 139 Å². The summed E-state index contributed by atoms with van der Waals surface area (Å²) in [4.78, 5) is 20.7. The summed E-state index contributed by atoms with van der Waals surface area (Å²) in [6.07, 6.45) is 8.06. The Kier molecular flexibility index (Phi) is 3.96. The van der Waals surface area contributed by atoms with Gasteiger partial charge in [-0.15, -0.1) is 0 Å². The first-order valence-corrected chi connectivity index (χ1v) is 8.09. The second kappa shape index (κ2) is 6.41. The van der Waals surface area contributed by atoms with Crippen molar-refractivity contribution in [3.63, 3.8) is 0 Å². The molecule has 0 saturated carbocycles. The molecule has 3 heterocycles. The number of nitrogens with one attached hydrogen (secondary N) is 1. The molecule has 1 saturated heterocycles. The molecular formula is C18H18N4O2. The average Bonchev–Trinajstić information content (AvgIpc) is 3.24. The predicted molar refractivity (Wildman–Crippen MR) is 90.6 cm³/mol. The van der Waals surface area contributed by atoms with Gasteiger partial charge in [-0.3, -0.25) is 9.20 Å². The molecule has 1 aliphatic rings. The van der Waals surface area contributed by atoms with E-state index in [0.29, 0.717) is 12.2 Å². The molecule has 1 amide bonds. The van der Waals surface area contributed by atoms with E-state index in [1.165, 1.54) is 0 Å². The summed E-state index contributed by atoms with van der Waals surface area (Å²) in [5, 5.41) is 2.92. The summed E-state index contributed by atoms with van der Waals surface area (Å²) in [5.41, 5.74) is 2.62. The lowest BCUT2D eigenvalue weighted by Gasteiger charge is -2.10. The van der Waals surface area contributed by atoms with Gasteiger partial charge in [0.15, 0.2) is 0 Å². The molecule has 1 aliphatic heterocycles. The first-order valence-electron chi connectivity index (χ1n) is 8.09. The van der Waals surface area contributed by atoms with Gasteiger partial charge in [0.1, 0.15) is 0 Å². The van der Waals surface area contributed by atoms with Gasteiger partial charge in [0.25, 0.3) is 0 Å². The van der Waals surface area contributed by atoms with Gasteiger partial charge >= 0.3 is 0 Å². The first-order chi connectivity index (χ1) is 11.8. The molecule has 0 unspecified atom stereocenters. The third kappa shape index (κ3) is 3.14. The number of carbonyl (C=O) groups excluding carboxylic acids is 1. The van der Waals surface area contributed by atoms with E-state index in [2.05, 4.69) is 15.3 Å². The van der Waals surface area contributed by atoms with E-state index in [0.717, 1.165) is 36.4 Å². The highest BCUT2D eigenvalue weighted by atomic mass is 16.5. The highest BCUT2D eigenvalue weighted by Gasteiger charge is 2.19. The summed E-state index contributed by atoms with van der Waals surface area (Å²) < 4.78 is 7.37. The van der Waals surface area contributed by atoms with Crippen molar-refractivity contribution in [1.29, 1.82) is 0 Å². The monoisotopic (exact) mass is 322 g/mol. The van der Waals surface area contributed by atoms with Crippen LogP contribution in [0.5, 0.6) is 0 Å². The number of anilines is 1. The van der Waals surface area contributed by atoms with Crippen molar-refractivity contribution in [1.82, 2.24) is 14.4 Å². The Bertz CT molecular complexity index is 818. The van der Waals surface area contributed by atoms with Crippen LogP contribution in [0.3, 0.4) is 0 Å². The molecule has 6 nitrogen and oxygen atoms in total. The van der Waals surface area contributed by atoms with E-state index in [-0.39, 0.29) is 12.0 Å². The molecule has 4 rings (SSSR count). The van der Waals surface area contributed by atoms with E-state index in [4.69, 9.17) is 4.74 Å². The van der Waals surface area contributed by atoms with Crippen LogP contribution in [0.2, 0.25) is 0 Å². The smallest absolute Gasteiger partial charge is 0.234 e. The Balaban J connectivity index is 1.45. The topological polar surface area (TPSA) is 68.5 Å². The van der Waals surface area contributed by atoms with E-state index in [1.54, 1.807) is 6.20 Å². The minimum absolute atomic E-state index is 0.00780. The standard InChI is InChI=1S/C18H18N4O2/c23-17(11-15-3-1-10-24-15)20-14-6-4-13(5-7-14)16-12-22-9-2-8-19-18(22)21-16/h2,4-9,12,15H,1,3,10-11H2,(H,20,23)/t15-/m0/s1. The van der Waals surface area contributed by atoms with Crippen LogP contribution in [0.4, 0.5) is 5.69 Å². The third-order valence-corrected chi connectivity index (χ3v) is 4.14. The van der Waals surface area contributed by atoms with Gasteiger partial charge in [-0.2, -0.15) is 0 Å². The maximum Gasteiger partial charge on any atom is 0.234 e. The summed E-state index contributed by atoms with van der Waals surface area (Å²) in [7, 11) is 0. The predicted octanol–water partition coefficient (Wildman–Crippen LogP) is 2.90. The van der Waals surface area contributed by atoms with E-state index in [1.807, 2.05) is 47.1 Å². The zero-order chi connectivity index (χ0) is 16.4.